The van der Waals surface area contributed by atoms with Gasteiger partial charge in [-0.15, -0.1) is 5.70 Å². The average molecular weight is 85.2 g/mol. The summed E-state index contributed by atoms with van der Waals surface area (Å²) in [7, 11) is 1.87. The van der Waals surface area contributed by atoms with Crippen LogP contribution in [-0.2, 0) is 0 Å². The van der Waals surface area contributed by atoms with Crippen molar-refractivity contribution in [3.05, 3.63) is 11.8 Å². The largest absolute Gasteiger partial charge is 0.108 e. The van der Waals surface area contributed by atoms with Gasteiger partial charge >= 0.3 is 0 Å². The Balaban J connectivity index is 2.62. The van der Waals surface area contributed by atoms with Gasteiger partial charge in [-0.3, -0.25) is 0 Å². The molecule has 0 atom stereocenters. The molecule has 1 radical (unpaired) electrons. The Morgan fingerprint density at radius 2 is 2.40 bits per heavy atom. The van der Waals surface area contributed by atoms with Gasteiger partial charge in [-0.1, -0.05) is 13.0 Å². The van der Waals surface area contributed by atoms with E-state index in [4.69, 9.17) is 0 Å². The first-order valence-electron chi connectivity index (χ1n) is 1.86. The van der Waals surface area contributed by atoms with Crippen molar-refractivity contribution < 1.29 is 0 Å². The van der Waals surface area contributed by atoms with Crippen molar-refractivity contribution in [2.45, 2.75) is 13.3 Å². The summed E-state index contributed by atoms with van der Waals surface area (Å²) < 4.78 is 0. The summed E-state index contributed by atoms with van der Waals surface area (Å²) in [6.07, 6.45) is 3.31. The molecule has 0 aliphatic heterocycles. The van der Waals surface area contributed by atoms with E-state index in [9.17, 15) is 0 Å². The first kappa shape index (κ1) is 4.96. The Morgan fingerprint density at radius 1 is 1.80 bits per heavy atom. The van der Waals surface area contributed by atoms with Crippen LogP contribution in [0, 0.1) is 0 Å². The zero-order chi connectivity index (χ0) is 4.12. The smallest absolute Gasteiger partial charge is 0.0373 e. The second-order valence-corrected chi connectivity index (χ2v) is 1.35. The second-order valence-electron chi connectivity index (χ2n) is 0.880. The van der Waals surface area contributed by atoms with E-state index in [1.54, 1.807) is 0 Å². The Bertz CT molecular complexity index is 30.6. The zero-order valence-corrected chi connectivity index (χ0v) is 4.98. The quantitative estimate of drug-likeness (QED) is 0.408. The highest BCUT2D eigenvalue weighted by Gasteiger charge is 1.52. The van der Waals surface area contributed by atoms with Gasteiger partial charge in [-0.25, -0.2) is 0 Å². The van der Waals surface area contributed by atoms with E-state index in [0.29, 0.717) is 0 Å². The van der Waals surface area contributed by atoms with Crippen LogP contribution in [0.3, 0.4) is 0 Å². The monoisotopic (exact) mass is 85.0 g/mol. The molecule has 0 unspecified atom stereocenters. The van der Waals surface area contributed by atoms with Gasteiger partial charge in [0.2, 0.25) is 0 Å². The molecule has 0 aliphatic rings. The van der Waals surface area contributed by atoms with Gasteiger partial charge in [0.1, 0.15) is 0 Å². The lowest BCUT2D eigenvalue weighted by Gasteiger charge is -1.65. The van der Waals surface area contributed by atoms with E-state index in [1.165, 1.54) is 6.42 Å². The van der Waals surface area contributed by atoms with Gasteiger partial charge in [0.05, 0.1) is 0 Å². The maximum absolute atomic E-state index is 2.14. The first-order valence-corrected chi connectivity index (χ1v) is 2.67. The molecule has 0 aromatic rings. The third kappa shape index (κ3) is 3.96. The lowest BCUT2D eigenvalue weighted by molar-refractivity contribution is 1.23. The standard InChI is InChI=1S/C4H9Si/c1-2-3-4-5/h3-4H,2,5H2,1H3. The molecule has 0 N–H and O–H groups in total. The molecule has 0 spiro atoms. The van der Waals surface area contributed by atoms with Crippen LogP contribution in [0.2, 0.25) is 0 Å². The van der Waals surface area contributed by atoms with Crippen LogP contribution in [0.5, 0.6) is 0 Å². The van der Waals surface area contributed by atoms with E-state index < -0.39 is 0 Å². The van der Waals surface area contributed by atoms with Crippen molar-refractivity contribution in [3.63, 3.8) is 0 Å². The molecule has 0 heterocycles. The lowest BCUT2D eigenvalue weighted by atomic mass is 10.5. The minimum Gasteiger partial charge on any atom is -0.108 e. The van der Waals surface area contributed by atoms with Crippen molar-refractivity contribution in [3.8, 4) is 0 Å². The fourth-order valence-electron chi connectivity index (χ4n) is 0.167. The van der Waals surface area contributed by atoms with Crippen molar-refractivity contribution in [2.24, 2.45) is 0 Å². The first-order chi connectivity index (χ1) is 2.41. The Morgan fingerprint density at radius 3 is 2.40 bits per heavy atom. The van der Waals surface area contributed by atoms with E-state index >= 15 is 0 Å². The molecule has 0 nitrogen and oxygen atoms in total. The van der Waals surface area contributed by atoms with Crippen molar-refractivity contribution in [2.75, 3.05) is 0 Å². The molecular formula is C4H9Si. The predicted octanol–water partition coefficient (Wildman–Crippen LogP) is 0.543. The molecule has 0 rings (SSSR count). The summed E-state index contributed by atoms with van der Waals surface area (Å²) in [4.78, 5) is 0. The van der Waals surface area contributed by atoms with Crippen molar-refractivity contribution >= 4 is 10.2 Å². The molecule has 5 heavy (non-hydrogen) atoms. The Kier molecular flexibility index (Phi) is 3.92. The van der Waals surface area contributed by atoms with Crippen molar-refractivity contribution in [1.29, 1.82) is 0 Å². The summed E-state index contributed by atoms with van der Waals surface area (Å²) in [5.41, 5.74) is 2.08. The summed E-state index contributed by atoms with van der Waals surface area (Å²) in [5, 5.41) is 0. The summed E-state index contributed by atoms with van der Waals surface area (Å²) >= 11 is 0. The predicted molar refractivity (Wildman–Crippen MR) is 28.0 cm³/mol. The van der Waals surface area contributed by atoms with E-state index in [-0.39, 0.29) is 0 Å². The fraction of sp³-hybridized carbons (Fsp3) is 0.500. The summed E-state index contributed by atoms with van der Waals surface area (Å²) in [6, 6.07) is 0. The van der Waals surface area contributed by atoms with E-state index in [0.717, 1.165) is 0 Å². The molecule has 0 aromatic heterocycles. The van der Waals surface area contributed by atoms with Crippen LogP contribution >= 0.6 is 0 Å². The van der Waals surface area contributed by atoms with Crippen molar-refractivity contribution in [1.82, 2.24) is 0 Å². The minimum absolute atomic E-state index is 1.17. The normalized spacial score (nSPS) is 10.0. The van der Waals surface area contributed by atoms with Gasteiger partial charge < -0.3 is 0 Å². The van der Waals surface area contributed by atoms with Gasteiger partial charge in [0.25, 0.3) is 0 Å². The molecular weight excluding hydrogens is 76.1 g/mol. The number of allylic oxidation sites excluding steroid dienone is 1. The fourth-order valence-corrected chi connectivity index (χ4v) is 0.500. The summed E-state index contributed by atoms with van der Waals surface area (Å²) in [6.45, 7) is 2.13. The Hall–Kier alpha value is -0.0431. The third-order valence-corrected chi connectivity index (χ3v) is 0.736. The minimum atomic E-state index is 1.17. The van der Waals surface area contributed by atoms with Crippen LogP contribution < -0.4 is 0 Å². The van der Waals surface area contributed by atoms with Crippen LogP contribution in [0.1, 0.15) is 13.3 Å². The molecule has 29 valence electrons. The second kappa shape index (κ2) is 3.96. The van der Waals surface area contributed by atoms with Gasteiger partial charge in [-0.2, -0.15) is 0 Å². The highest BCUT2D eigenvalue weighted by molar-refractivity contribution is 6.16. The molecule has 0 amide bonds. The van der Waals surface area contributed by atoms with E-state index in [1.807, 2.05) is 10.2 Å². The number of hydrogen-bond donors (Lipinski definition) is 0. The highest BCUT2D eigenvalue weighted by atomic mass is 28.1. The molecule has 0 saturated carbocycles. The third-order valence-electron chi connectivity index (χ3n) is 0.402. The SMILES string of the molecule is CCC=C[SiH2]. The molecule has 0 bridgehead atoms. The molecule has 0 saturated heterocycles. The van der Waals surface area contributed by atoms with Crippen LogP contribution in [0.4, 0.5) is 0 Å². The highest BCUT2D eigenvalue weighted by Crippen LogP contribution is 1.71. The Labute approximate surface area is 36.3 Å². The molecule has 0 aromatic carbocycles. The average Bonchev–Trinajstić information content (AvgIpc) is 1.41. The van der Waals surface area contributed by atoms with Crippen LogP contribution in [-0.4, -0.2) is 10.2 Å². The van der Waals surface area contributed by atoms with Gasteiger partial charge in [0, 0.05) is 10.2 Å². The van der Waals surface area contributed by atoms with Gasteiger partial charge in [-0.05, 0) is 6.42 Å². The van der Waals surface area contributed by atoms with Gasteiger partial charge in [0.15, 0.2) is 0 Å². The zero-order valence-electron chi connectivity index (χ0n) is 3.57. The van der Waals surface area contributed by atoms with Crippen LogP contribution in [0.15, 0.2) is 11.8 Å². The summed E-state index contributed by atoms with van der Waals surface area (Å²) in [5.74, 6) is 0. The number of hydrogen-bond acceptors (Lipinski definition) is 0. The molecule has 0 aliphatic carbocycles. The molecule has 1 heteroatoms. The lowest BCUT2D eigenvalue weighted by Crippen LogP contribution is -1.49. The maximum Gasteiger partial charge on any atom is 0.0373 e. The van der Waals surface area contributed by atoms with Crippen LogP contribution in [0.25, 0.3) is 0 Å². The maximum atomic E-state index is 2.14. The topological polar surface area (TPSA) is 0 Å². The van der Waals surface area contributed by atoms with E-state index in [2.05, 4.69) is 18.7 Å². The number of rotatable bonds is 1. The molecule has 0 fully saturated rings.